The van der Waals surface area contributed by atoms with Crippen LogP contribution in [0, 0.1) is 24.7 Å². The zero-order chi connectivity index (χ0) is 13.5. The van der Waals surface area contributed by atoms with Crippen LogP contribution in [-0.4, -0.2) is 13.1 Å². The van der Waals surface area contributed by atoms with Gasteiger partial charge in [-0.1, -0.05) is 57.5 Å². The molecule has 1 N–H and O–H groups in total. The summed E-state index contributed by atoms with van der Waals surface area (Å²) in [6.45, 7) is 13.6. The van der Waals surface area contributed by atoms with Gasteiger partial charge in [-0.2, -0.15) is 0 Å². The van der Waals surface area contributed by atoms with Gasteiger partial charge in [0.1, 0.15) is 0 Å². The lowest BCUT2D eigenvalue weighted by molar-refractivity contribution is 0.357. The van der Waals surface area contributed by atoms with Crippen LogP contribution in [0.3, 0.4) is 0 Å². The third kappa shape index (κ3) is 5.68. The number of benzene rings is 1. The first-order valence-electron chi connectivity index (χ1n) is 7.25. The number of aryl methyl sites for hydroxylation is 1. The summed E-state index contributed by atoms with van der Waals surface area (Å²) in [6, 6.07) is 8.95. The summed E-state index contributed by atoms with van der Waals surface area (Å²) in [4.78, 5) is 0. The minimum atomic E-state index is 0.727. The molecule has 0 fully saturated rings. The van der Waals surface area contributed by atoms with Gasteiger partial charge in [0.15, 0.2) is 0 Å². The predicted octanol–water partition coefficient (Wildman–Crippen LogP) is 4.06. The van der Waals surface area contributed by atoms with E-state index in [4.69, 9.17) is 0 Å². The molecule has 0 aliphatic heterocycles. The Morgan fingerprint density at radius 1 is 0.889 bits per heavy atom. The van der Waals surface area contributed by atoms with Gasteiger partial charge in [-0.25, -0.2) is 0 Å². The predicted molar refractivity (Wildman–Crippen MR) is 80.9 cm³/mol. The van der Waals surface area contributed by atoms with Crippen molar-refractivity contribution >= 4 is 0 Å². The summed E-state index contributed by atoms with van der Waals surface area (Å²) in [5.74, 6) is 2.20. The van der Waals surface area contributed by atoms with Crippen molar-refractivity contribution in [3.63, 3.8) is 0 Å². The van der Waals surface area contributed by atoms with Crippen LogP contribution in [0.1, 0.15) is 38.8 Å². The minimum absolute atomic E-state index is 0.727. The lowest BCUT2D eigenvalue weighted by Crippen LogP contribution is -2.28. The lowest BCUT2D eigenvalue weighted by Gasteiger charge is -2.21. The first kappa shape index (κ1) is 15.2. The highest BCUT2D eigenvalue weighted by Crippen LogP contribution is 2.17. The SMILES string of the molecule is Cc1ccc(CC(C)C(C)CNCC(C)C)cc1. The molecule has 0 heterocycles. The molecule has 18 heavy (non-hydrogen) atoms. The van der Waals surface area contributed by atoms with Gasteiger partial charge in [-0.05, 0) is 49.8 Å². The third-order valence-electron chi connectivity index (χ3n) is 3.67. The number of nitrogens with one attached hydrogen (secondary N) is 1. The Morgan fingerprint density at radius 2 is 1.50 bits per heavy atom. The van der Waals surface area contributed by atoms with E-state index in [1.54, 1.807) is 0 Å². The zero-order valence-electron chi connectivity index (χ0n) is 12.7. The molecule has 1 nitrogen and oxygen atoms in total. The molecule has 0 bridgehead atoms. The summed E-state index contributed by atoms with van der Waals surface area (Å²) in [6.07, 6.45) is 1.19. The van der Waals surface area contributed by atoms with Gasteiger partial charge < -0.3 is 5.32 Å². The Morgan fingerprint density at radius 3 is 2.06 bits per heavy atom. The second kappa shape index (κ2) is 7.58. The lowest BCUT2D eigenvalue weighted by atomic mass is 9.89. The van der Waals surface area contributed by atoms with Crippen LogP contribution in [0.4, 0.5) is 0 Å². The largest absolute Gasteiger partial charge is 0.316 e. The van der Waals surface area contributed by atoms with Crippen LogP contribution >= 0.6 is 0 Å². The molecule has 1 aromatic carbocycles. The third-order valence-corrected chi connectivity index (χ3v) is 3.67. The highest BCUT2D eigenvalue weighted by molar-refractivity contribution is 5.21. The molecular weight excluding hydrogens is 218 g/mol. The molecular formula is C17H29N. The molecule has 102 valence electrons. The highest BCUT2D eigenvalue weighted by Gasteiger charge is 2.12. The smallest absolute Gasteiger partial charge is 0.00204 e. The molecule has 0 aliphatic rings. The van der Waals surface area contributed by atoms with Crippen molar-refractivity contribution in [3.05, 3.63) is 35.4 Å². The van der Waals surface area contributed by atoms with E-state index in [1.807, 2.05) is 0 Å². The normalized spacial score (nSPS) is 14.8. The molecule has 1 rings (SSSR count). The van der Waals surface area contributed by atoms with E-state index in [-0.39, 0.29) is 0 Å². The molecule has 0 radical (unpaired) electrons. The minimum Gasteiger partial charge on any atom is -0.316 e. The molecule has 0 saturated heterocycles. The standard InChI is InChI=1S/C17H29N/c1-13(2)11-18-12-16(5)15(4)10-17-8-6-14(3)7-9-17/h6-9,13,15-16,18H,10-12H2,1-5H3. The van der Waals surface area contributed by atoms with Crippen LogP contribution < -0.4 is 5.32 Å². The van der Waals surface area contributed by atoms with Crippen molar-refractivity contribution < 1.29 is 0 Å². The van der Waals surface area contributed by atoms with Crippen LogP contribution in [0.15, 0.2) is 24.3 Å². The van der Waals surface area contributed by atoms with Crippen molar-refractivity contribution in [2.75, 3.05) is 13.1 Å². The van der Waals surface area contributed by atoms with Crippen LogP contribution in [0.5, 0.6) is 0 Å². The van der Waals surface area contributed by atoms with E-state index in [9.17, 15) is 0 Å². The average molecular weight is 247 g/mol. The van der Waals surface area contributed by atoms with E-state index in [0.29, 0.717) is 0 Å². The van der Waals surface area contributed by atoms with Gasteiger partial charge in [-0.3, -0.25) is 0 Å². The van der Waals surface area contributed by atoms with Gasteiger partial charge in [0.2, 0.25) is 0 Å². The Labute approximate surface area is 113 Å². The molecule has 1 aromatic rings. The summed E-state index contributed by atoms with van der Waals surface area (Å²) in [5.41, 5.74) is 2.81. The van der Waals surface area contributed by atoms with Crippen LogP contribution in [-0.2, 0) is 6.42 Å². The fourth-order valence-corrected chi connectivity index (χ4v) is 2.10. The molecule has 0 spiro atoms. The fraction of sp³-hybridized carbons (Fsp3) is 0.647. The van der Waals surface area contributed by atoms with E-state index >= 15 is 0 Å². The second-order valence-corrected chi connectivity index (χ2v) is 6.20. The Hall–Kier alpha value is -0.820. The monoisotopic (exact) mass is 247 g/mol. The van der Waals surface area contributed by atoms with Gasteiger partial charge in [0.05, 0.1) is 0 Å². The maximum absolute atomic E-state index is 3.56. The molecule has 0 aliphatic carbocycles. The van der Waals surface area contributed by atoms with Gasteiger partial charge in [0.25, 0.3) is 0 Å². The first-order chi connectivity index (χ1) is 8.49. The van der Waals surface area contributed by atoms with Crippen molar-refractivity contribution in [1.29, 1.82) is 0 Å². The maximum atomic E-state index is 3.56. The Balaban J connectivity index is 2.35. The summed E-state index contributed by atoms with van der Waals surface area (Å²) in [7, 11) is 0. The van der Waals surface area contributed by atoms with Gasteiger partial charge in [0, 0.05) is 0 Å². The fourth-order valence-electron chi connectivity index (χ4n) is 2.10. The Kier molecular flexibility index (Phi) is 6.42. The van der Waals surface area contributed by atoms with Crippen molar-refractivity contribution in [2.24, 2.45) is 17.8 Å². The summed E-state index contributed by atoms with van der Waals surface area (Å²) < 4.78 is 0. The van der Waals surface area contributed by atoms with Crippen LogP contribution in [0.25, 0.3) is 0 Å². The Bertz CT molecular complexity index is 326. The molecule has 0 aromatic heterocycles. The first-order valence-corrected chi connectivity index (χ1v) is 7.25. The van der Waals surface area contributed by atoms with Crippen molar-refractivity contribution in [1.82, 2.24) is 5.32 Å². The van der Waals surface area contributed by atoms with E-state index < -0.39 is 0 Å². The summed E-state index contributed by atoms with van der Waals surface area (Å²) >= 11 is 0. The van der Waals surface area contributed by atoms with E-state index in [0.717, 1.165) is 30.8 Å². The number of hydrogen-bond acceptors (Lipinski definition) is 1. The molecule has 2 atom stereocenters. The van der Waals surface area contributed by atoms with Gasteiger partial charge in [-0.15, -0.1) is 0 Å². The number of rotatable bonds is 7. The van der Waals surface area contributed by atoms with Crippen LogP contribution in [0.2, 0.25) is 0 Å². The quantitative estimate of drug-likeness (QED) is 0.766. The van der Waals surface area contributed by atoms with E-state index in [2.05, 4.69) is 64.2 Å². The number of hydrogen-bond donors (Lipinski definition) is 1. The van der Waals surface area contributed by atoms with Crippen molar-refractivity contribution in [2.45, 2.75) is 41.0 Å². The molecule has 0 amide bonds. The highest BCUT2D eigenvalue weighted by atomic mass is 14.9. The summed E-state index contributed by atoms with van der Waals surface area (Å²) in [5, 5.41) is 3.56. The van der Waals surface area contributed by atoms with Gasteiger partial charge >= 0.3 is 0 Å². The molecule has 1 heteroatoms. The second-order valence-electron chi connectivity index (χ2n) is 6.20. The van der Waals surface area contributed by atoms with E-state index in [1.165, 1.54) is 17.5 Å². The average Bonchev–Trinajstić information content (AvgIpc) is 2.31. The zero-order valence-corrected chi connectivity index (χ0v) is 12.7. The molecule has 2 unspecified atom stereocenters. The van der Waals surface area contributed by atoms with Crippen molar-refractivity contribution in [3.8, 4) is 0 Å². The maximum Gasteiger partial charge on any atom is -0.00204 e. The topological polar surface area (TPSA) is 12.0 Å². The molecule has 0 saturated carbocycles.